The van der Waals surface area contributed by atoms with E-state index in [0.29, 0.717) is 12.0 Å². The molecule has 0 spiro atoms. The van der Waals surface area contributed by atoms with Gasteiger partial charge in [0.2, 0.25) is 0 Å². The Labute approximate surface area is 208 Å². The van der Waals surface area contributed by atoms with Gasteiger partial charge < -0.3 is 15.3 Å². The third-order valence-corrected chi connectivity index (χ3v) is 8.50. The number of fused-ring (bicyclic) bond motifs is 1. The van der Waals surface area contributed by atoms with E-state index in [1.54, 1.807) is 6.92 Å². The maximum atomic E-state index is 12.9. The Kier molecular flexibility index (Phi) is 8.15. The van der Waals surface area contributed by atoms with Gasteiger partial charge in [-0.05, 0) is 78.8 Å². The number of hydrogen-bond donors (Lipinski definition) is 3. The molecule has 3 N–H and O–H groups in total. The highest BCUT2D eigenvalue weighted by atomic mass is 19.4. The SMILES string of the molecule is C=C1/C(=C\C=C2/CCC[C@]3(C)[C@@H]([C@H](C)CC#CC(O)(C(F)(F)F)C(F)(F)F)CC[C@@H]23)C[C@@H](O)C[C@@H]1O. The zero-order valence-corrected chi connectivity index (χ0v) is 20.5. The quantitative estimate of drug-likeness (QED) is 0.315. The lowest BCUT2D eigenvalue weighted by molar-refractivity contribution is -0.343. The van der Waals surface area contributed by atoms with Crippen molar-refractivity contribution >= 4 is 0 Å². The van der Waals surface area contributed by atoms with Gasteiger partial charge in [-0.15, -0.1) is 0 Å². The van der Waals surface area contributed by atoms with Gasteiger partial charge in [0.25, 0.3) is 0 Å². The first kappa shape index (κ1) is 28.8. The molecule has 6 atom stereocenters. The summed E-state index contributed by atoms with van der Waals surface area (Å²) in [7, 11) is 0. The predicted molar refractivity (Wildman–Crippen MR) is 123 cm³/mol. The van der Waals surface area contributed by atoms with Gasteiger partial charge in [0.05, 0.1) is 12.2 Å². The van der Waals surface area contributed by atoms with Crippen LogP contribution in [0.1, 0.15) is 65.2 Å². The number of rotatable bonds is 3. The minimum atomic E-state index is -5.95. The summed E-state index contributed by atoms with van der Waals surface area (Å²) in [5.74, 6) is 3.11. The molecule has 0 saturated heterocycles. The van der Waals surface area contributed by atoms with Crippen LogP contribution in [-0.4, -0.2) is 45.5 Å². The van der Waals surface area contributed by atoms with Crippen LogP contribution in [0.3, 0.4) is 0 Å². The van der Waals surface area contributed by atoms with Gasteiger partial charge in [-0.25, -0.2) is 0 Å². The van der Waals surface area contributed by atoms with E-state index in [-0.39, 0.29) is 36.0 Å². The van der Waals surface area contributed by atoms with Crippen LogP contribution in [0.4, 0.5) is 26.3 Å². The second-order valence-electron chi connectivity index (χ2n) is 10.9. The van der Waals surface area contributed by atoms with Gasteiger partial charge in [-0.3, -0.25) is 0 Å². The smallest absolute Gasteiger partial charge is 0.393 e. The summed E-state index contributed by atoms with van der Waals surface area (Å²) < 4.78 is 77.5. The molecule has 3 fully saturated rings. The minimum Gasteiger partial charge on any atom is -0.393 e. The van der Waals surface area contributed by atoms with E-state index < -0.39 is 30.2 Å². The highest BCUT2D eigenvalue weighted by molar-refractivity contribution is 5.38. The van der Waals surface area contributed by atoms with Crippen molar-refractivity contribution in [3.8, 4) is 11.8 Å². The second kappa shape index (κ2) is 10.2. The Bertz CT molecular complexity index is 953. The zero-order chi connectivity index (χ0) is 27.1. The first-order valence-electron chi connectivity index (χ1n) is 12.3. The Morgan fingerprint density at radius 1 is 1.11 bits per heavy atom. The number of hydrogen-bond acceptors (Lipinski definition) is 3. The zero-order valence-electron chi connectivity index (χ0n) is 20.5. The standard InChI is InChI=1S/C27H34F6O3/c1-16(6-4-13-25(36,26(28,29)30)27(31,32)33)21-10-11-22-18(7-5-12-24(21,22)3)8-9-19-14-20(34)15-23(35)17(19)2/h8-9,16,20-23,34-36H,2,5-7,10-12,14-15H2,1,3H3/b18-8+,19-9-/t16-,20-,21-,22+,23+,24-/m1/s1. The van der Waals surface area contributed by atoms with Crippen molar-refractivity contribution in [2.24, 2.45) is 23.2 Å². The normalized spacial score (nSPS) is 34.9. The molecule has 9 heteroatoms. The van der Waals surface area contributed by atoms with Gasteiger partial charge in [0, 0.05) is 12.8 Å². The summed E-state index contributed by atoms with van der Waals surface area (Å²) in [5.41, 5.74) is -2.58. The Balaban J connectivity index is 1.77. The molecule has 3 nitrogen and oxygen atoms in total. The molecule has 0 unspecified atom stereocenters. The van der Waals surface area contributed by atoms with Crippen LogP contribution in [-0.2, 0) is 0 Å². The molecule has 36 heavy (non-hydrogen) atoms. The van der Waals surface area contributed by atoms with Crippen molar-refractivity contribution in [1.82, 2.24) is 0 Å². The third kappa shape index (κ3) is 5.41. The van der Waals surface area contributed by atoms with Crippen molar-refractivity contribution in [1.29, 1.82) is 0 Å². The number of allylic oxidation sites excluding steroid dienone is 3. The topological polar surface area (TPSA) is 60.7 Å². The molecule has 3 aliphatic rings. The summed E-state index contributed by atoms with van der Waals surface area (Å²) >= 11 is 0. The average Bonchev–Trinajstić information content (AvgIpc) is 3.11. The molecule has 0 aromatic carbocycles. The summed E-state index contributed by atoms with van der Waals surface area (Å²) in [6.07, 6.45) is -4.53. The second-order valence-corrected chi connectivity index (χ2v) is 10.9. The Hall–Kier alpha value is -1.76. The maximum Gasteiger partial charge on any atom is 0.438 e. The van der Waals surface area contributed by atoms with Crippen LogP contribution in [0.2, 0.25) is 0 Å². The molecule has 0 amide bonds. The molecule has 202 valence electrons. The molecule has 0 aromatic rings. The van der Waals surface area contributed by atoms with Crippen LogP contribution >= 0.6 is 0 Å². The van der Waals surface area contributed by atoms with Crippen LogP contribution in [0.15, 0.2) is 35.5 Å². The summed E-state index contributed by atoms with van der Waals surface area (Å²) in [5, 5.41) is 29.3. The van der Waals surface area contributed by atoms with E-state index in [0.717, 1.165) is 43.6 Å². The van der Waals surface area contributed by atoms with Crippen LogP contribution in [0.25, 0.3) is 0 Å². The highest BCUT2D eigenvalue weighted by Crippen LogP contribution is 2.59. The van der Waals surface area contributed by atoms with Crippen molar-refractivity contribution in [3.63, 3.8) is 0 Å². The van der Waals surface area contributed by atoms with Gasteiger partial charge in [0.1, 0.15) is 0 Å². The summed E-state index contributed by atoms with van der Waals surface area (Å²) in [6, 6.07) is 0. The fourth-order valence-corrected chi connectivity index (χ4v) is 6.46. The highest BCUT2D eigenvalue weighted by Gasteiger charge is 2.70. The molecule has 3 aliphatic carbocycles. The molecule has 0 radical (unpaired) electrons. The van der Waals surface area contributed by atoms with Crippen molar-refractivity contribution in [2.75, 3.05) is 0 Å². The van der Waals surface area contributed by atoms with Crippen molar-refractivity contribution in [3.05, 3.63) is 35.5 Å². The van der Waals surface area contributed by atoms with Gasteiger partial charge in [-0.1, -0.05) is 44.1 Å². The lowest BCUT2D eigenvalue weighted by Crippen LogP contribution is -2.55. The molecule has 3 saturated carbocycles. The lowest BCUT2D eigenvalue weighted by Gasteiger charge is -2.44. The average molecular weight is 521 g/mol. The van der Waals surface area contributed by atoms with E-state index in [1.165, 1.54) is 5.57 Å². The predicted octanol–water partition coefficient (Wildman–Crippen LogP) is 6.01. The number of alkyl halides is 6. The molecular formula is C27H34F6O3. The third-order valence-electron chi connectivity index (χ3n) is 8.50. The lowest BCUT2D eigenvalue weighted by atomic mass is 9.61. The maximum absolute atomic E-state index is 12.9. The minimum absolute atomic E-state index is 0.0614. The van der Waals surface area contributed by atoms with Crippen molar-refractivity contribution in [2.45, 2.75) is 95.4 Å². The molecule has 0 aliphatic heterocycles. The molecule has 0 aromatic heterocycles. The number of halogens is 6. The summed E-state index contributed by atoms with van der Waals surface area (Å²) in [4.78, 5) is 0. The number of aliphatic hydroxyl groups is 3. The van der Waals surface area contributed by atoms with E-state index in [1.807, 2.05) is 18.1 Å². The van der Waals surface area contributed by atoms with E-state index in [9.17, 15) is 41.7 Å². The largest absolute Gasteiger partial charge is 0.438 e. The Morgan fingerprint density at radius 2 is 1.75 bits per heavy atom. The summed E-state index contributed by atoms with van der Waals surface area (Å²) in [6.45, 7) is 7.86. The van der Waals surface area contributed by atoms with Gasteiger partial charge >= 0.3 is 18.0 Å². The Morgan fingerprint density at radius 3 is 2.36 bits per heavy atom. The van der Waals surface area contributed by atoms with Crippen LogP contribution in [0.5, 0.6) is 0 Å². The number of aliphatic hydroxyl groups excluding tert-OH is 2. The molecule has 0 heterocycles. The van der Waals surface area contributed by atoms with E-state index in [4.69, 9.17) is 0 Å². The molecule has 0 bridgehead atoms. The van der Waals surface area contributed by atoms with E-state index >= 15 is 0 Å². The fourth-order valence-electron chi connectivity index (χ4n) is 6.46. The fraction of sp³-hybridized carbons (Fsp3) is 0.704. The monoisotopic (exact) mass is 520 g/mol. The van der Waals surface area contributed by atoms with Crippen LogP contribution < -0.4 is 0 Å². The first-order chi connectivity index (χ1) is 16.5. The van der Waals surface area contributed by atoms with Gasteiger partial charge in [0.15, 0.2) is 0 Å². The first-order valence-corrected chi connectivity index (χ1v) is 12.3. The van der Waals surface area contributed by atoms with Crippen molar-refractivity contribution < 1.29 is 41.7 Å². The molecule has 3 rings (SSSR count). The van der Waals surface area contributed by atoms with Crippen LogP contribution in [0, 0.1) is 35.0 Å². The molecular weight excluding hydrogens is 486 g/mol. The van der Waals surface area contributed by atoms with E-state index in [2.05, 4.69) is 13.5 Å². The van der Waals surface area contributed by atoms with Gasteiger partial charge in [-0.2, -0.15) is 26.3 Å².